The number of fused-ring (bicyclic) bond motifs is 1. The molecule has 0 saturated carbocycles. The topological polar surface area (TPSA) is 96.4 Å². The zero-order valence-electron chi connectivity index (χ0n) is 17.4. The van der Waals surface area contributed by atoms with Crippen LogP contribution in [0.4, 0.5) is 5.13 Å². The van der Waals surface area contributed by atoms with Crippen molar-refractivity contribution in [1.29, 1.82) is 0 Å². The minimum Gasteiger partial charge on any atom is -0.255 e. The van der Waals surface area contributed by atoms with Crippen molar-refractivity contribution >= 4 is 46.7 Å². The molecule has 31 heavy (non-hydrogen) atoms. The van der Waals surface area contributed by atoms with Crippen LogP contribution in [-0.2, 0) is 20.0 Å². The molecule has 1 aromatic heterocycles. The molecule has 166 valence electrons. The van der Waals surface area contributed by atoms with Crippen LogP contribution in [0.1, 0.15) is 44.6 Å². The van der Waals surface area contributed by atoms with Crippen molar-refractivity contribution in [2.45, 2.75) is 48.8 Å². The van der Waals surface area contributed by atoms with Gasteiger partial charge in [0.15, 0.2) is 5.13 Å². The zero-order chi connectivity index (χ0) is 22.2. The molecule has 7 nitrogen and oxygen atoms in total. The number of nitrogens with zero attached hydrogens (tertiary/aromatic N) is 2. The molecule has 0 bridgehead atoms. The van der Waals surface area contributed by atoms with Crippen LogP contribution in [-0.4, -0.2) is 39.2 Å². The van der Waals surface area contributed by atoms with Crippen molar-refractivity contribution in [3.05, 3.63) is 48.0 Å². The minimum absolute atomic E-state index is 0.0110. The summed E-state index contributed by atoms with van der Waals surface area (Å²) in [5.41, 5.74) is 1.87. The number of thiazole rings is 1. The number of piperidine rings is 1. The number of hydrogen-bond acceptors (Lipinski definition) is 6. The molecule has 0 spiro atoms. The highest BCUT2D eigenvalue weighted by Crippen LogP contribution is 2.31. The highest BCUT2D eigenvalue weighted by molar-refractivity contribution is 7.93. The smallest absolute Gasteiger partial charge is 0.255 e. The first-order chi connectivity index (χ1) is 14.7. The highest BCUT2D eigenvalue weighted by Gasteiger charge is 2.27. The number of hydrogen-bond donors (Lipinski definition) is 1. The van der Waals surface area contributed by atoms with E-state index in [-0.39, 0.29) is 14.9 Å². The first-order valence-corrected chi connectivity index (χ1v) is 13.9. The molecule has 1 aliphatic heterocycles. The number of aromatic nitrogens is 1. The monoisotopic (exact) mass is 479 g/mol. The molecular formula is C21H25N3O4S3. The van der Waals surface area contributed by atoms with E-state index in [0.29, 0.717) is 24.5 Å². The average molecular weight is 480 g/mol. The third kappa shape index (κ3) is 4.62. The summed E-state index contributed by atoms with van der Waals surface area (Å²) in [6.07, 6.45) is 2.63. The van der Waals surface area contributed by atoms with Crippen LogP contribution in [0, 0.1) is 0 Å². The van der Waals surface area contributed by atoms with Gasteiger partial charge in [-0.2, -0.15) is 4.31 Å². The first-order valence-electron chi connectivity index (χ1n) is 10.2. The summed E-state index contributed by atoms with van der Waals surface area (Å²) in [6.45, 7) is 5.11. The van der Waals surface area contributed by atoms with Crippen LogP contribution < -0.4 is 4.72 Å². The maximum Gasteiger partial charge on any atom is 0.263 e. The fraction of sp³-hybridized carbons (Fsp3) is 0.381. The van der Waals surface area contributed by atoms with Gasteiger partial charge < -0.3 is 0 Å². The second-order valence-electron chi connectivity index (χ2n) is 7.95. The van der Waals surface area contributed by atoms with E-state index in [2.05, 4.69) is 23.6 Å². The average Bonchev–Trinajstić information content (AvgIpc) is 3.15. The van der Waals surface area contributed by atoms with Crippen LogP contribution in [0.2, 0.25) is 0 Å². The Hall–Kier alpha value is -2.01. The molecule has 1 N–H and O–H groups in total. The molecule has 0 unspecified atom stereocenters. The van der Waals surface area contributed by atoms with Gasteiger partial charge in [-0.25, -0.2) is 21.8 Å². The summed E-state index contributed by atoms with van der Waals surface area (Å²) in [5, 5.41) is 0.250. The second-order valence-corrected chi connectivity index (χ2v) is 12.6. The van der Waals surface area contributed by atoms with E-state index in [4.69, 9.17) is 0 Å². The van der Waals surface area contributed by atoms with Crippen molar-refractivity contribution in [3.63, 3.8) is 0 Å². The van der Waals surface area contributed by atoms with Crippen LogP contribution >= 0.6 is 11.3 Å². The Morgan fingerprint density at radius 3 is 2.39 bits per heavy atom. The molecule has 2 aromatic carbocycles. The van der Waals surface area contributed by atoms with Crippen molar-refractivity contribution in [2.24, 2.45) is 0 Å². The Balaban J connectivity index is 1.62. The van der Waals surface area contributed by atoms with Crippen LogP contribution in [0.3, 0.4) is 0 Å². The Bertz CT molecular complexity index is 1310. The summed E-state index contributed by atoms with van der Waals surface area (Å²) >= 11 is 1.25. The van der Waals surface area contributed by atoms with Gasteiger partial charge in [0, 0.05) is 13.1 Å². The zero-order valence-corrected chi connectivity index (χ0v) is 19.9. The molecule has 10 heteroatoms. The van der Waals surface area contributed by atoms with E-state index in [9.17, 15) is 16.8 Å². The van der Waals surface area contributed by atoms with Gasteiger partial charge >= 0.3 is 0 Å². The number of rotatable bonds is 6. The lowest BCUT2D eigenvalue weighted by molar-refractivity contribution is 0.346. The lowest BCUT2D eigenvalue weighted by atomic mass is 10.0. The molecule has 0 atom stereocenters. The molecular weight excluding hydrogens is 454 g/mol. The van der Waals surface area contributed by atoms with Crippen LogP contribution in [0.25, 0.3) is 10.2 Å². The van der Waals surface area contributed by atoms with Crippen molar-refractivity contribution in [2.75, 3.05) is 17.8 Å². The summed E-state index contributed by atoms with van der Waals surface area (Å²) in [6, 6.07) is 11.4. The largest absolute Gasteiger partial charge is 0.263 e. The second kappa shape index (κ2) is 8.50. The predicted octanol–water partition coefficient (Wildman–Crippen LogP) is 4.40. The summed E-state index contributed by atoms with van der Waals surface area (Å²) < 4.78 is 56.6. The van der Waals surface area contributed by atoms with E-state index in [1.54, 1.807) is 0 Å². The Morgan fingerprint density at radius 1 is 0.968 bits per heavy atom. The van der Waals surface area contributed by atoms with E-state index >= 15 is 0 Å². The third-order valence-corrected chi connectivity index (χ3v) is 9.66. The molecule has 1 fully saturated rings. The lowest BCUT2D eigenvalue weighted by Crippen LogP contribution is -2.35. The minimum atomic E-state index is -3.99. The van der Waals surface area contributed by atoms with Crippen LogP contribution in [0.15, 0.2) is 52.3 Å². The Kier molecular flexibility index (Phi) is 6.08. The summed E-state index contributed by atoms with van der Waals surface area (Å²) in [4.78, 5) is 4.26. The van der Waals surface area contributed by atoms with Gasteiger partial charge in [-0.1, -0.05) is 43.7 Å². The van der Waals surface area contributed by atoms with Crippen molar-refractivity contribution in [3.8, 4) is 0 Å². The summed E-state index contributed by atoms with van der Waals surface area (Å²) in [5.74, 6) is 0.358. The van der Waals surface area contributed by atoms with Gasteiger partial charge in [-0.3, -0.25) is 4.72 Å². The number of anilines is 1. The maximum absolute atomic E-state index is 13.0. The van der Waals surface area contributed by atoms with E-state index in [1.165, 1.54) is 39.9 Å². The SMILES string of the molecule is CC(C)c1ccc2nc(NS(=O)(=O)c3cccc(S(=O)(=O)N4CCCCC4)c3)sc2c1. The van der Waals surface area contributed by atoms with Crippen molar-refractivity contribution in [1.82, 2.24) is 9.29 Å². The fourth-order valence-corrected chi connectivity index (χ4v) is 7.41. The van der Waals surface area contributed by atoms with Crippen molar-refractivity contribution < 1.29 is 16.8 Å². The standard InChI is InChI=1S/C21H25N3O4S3/c1-15(2)16-9-10-19-20(13-16)29-21(22-19)23-30(25,26)17-7-6-8-18(14-17)31(27,28)24-11-4-3-5-12-24/h6-10,13-15H,3-5,11-12H2,1-2H3,(H,22,23). The van der Waals surface area contributed by atoms with E-state index in [0.717, 1.165) is 29.5 Å². The van der Waals surface area contributed by atoms with Gasteiger partial charge in [0.25, 0.3) is 10.0 Å². The highest BCUT2D eigenvalue weighted by atomic mass is 32.2. The normalized spacial score (nSPS) is 16.1. The molecule has 0 aliphatic carbocycles. The fourth-order valence-electron chi connectivity index (χ4n) is 3.57. The molecule has 0 radical (unpaired) electrons. The van der Waals surface area contributed by atoms with Gasteiger partial charge in [0.05, 0.1) is 20.0 Å². The van der Waals surface area contributed by atoms with E-state index in [1.807, 2.05) is 18.2 Å². The number of nitrogens with one attached hydrogen (secondary N) is 1. The molecule has 4 rings (SSSR count). The van der Waals surface area contributed by atoms with Gasteiger partial charge in [-0.15, -0.1) is 0 Å². The quantitative estimate of drug-likeness (QED) is 0.565. The Labute approximate surface area is 187 Å². The predicted molar refractivity (Wildman–Crippen MR) is 124 cm³/mol. The molecule has 2 heterocycles. The Morgan fingerprint density at radius 2 is 1.68 bits per heavy atom. The van der Waals surface area contributed by atoms with Crippen LogP contribution in [0.5, 0.6) is 0 Å². The van der Waals surface area contributed by atoms with Gasteiger partial charge in [0.1, 0.15) is 0 Å². The van der Waals surface area contributed by atoms with Gasteiger partial charge in [0.2, 0.25) is 10.0 Å². The molecule has 3 aromatic rings. The lowest BCUT2D eigenvalue weighted by Gasteiger charge is -2.26. The first kappa shape index (κ1) is 22.2. The summed E-state index contributed by atoms with van der Waals surface area (Å²) in [7, 11) is -7.71. The maximum atomic E-state index is 13.0. The molecule has 1 saturated heterocycles. The number of sulfonamides is 2. The third-order valence-electron chi connectivity index (χ3n) is 5.37. The van der Waals surface area contributed by atoms with E-state index < -0.39 is 20.0 Å². The number of benzene rings is 2. The van der Waals surface area contributed by atoms with Gasteiger partial charge in [-0.05, 0) is 54.7 Å². The molecule has 0 amide bonds. The molecule has 1 aliphatic rings.